The van der Waals surface area contributed by atoms with Crippen LogP contribution in [0.4, 0.5) is 9.59 Å². The van der Waals surface area contributed by atoms with Crippen LogP contribution in [0.1, 0.15) is 47.8 Å². The Bertz CT molecular complexity index is 1070. The van der Waals surface area contributed by atoms with E-state index in [9.17, 15) is 9.59 Å². The van der Waals surface area contributed by atoms with Crippen LogP contribution in [0, 0.1) is 0 Å². The third-order valence-electron chi connectivity index (χ3n) is 6.19. The summed E-state index contributed by atoms with van der Waals surface area (Å²) >= 11 is 0. The zero-order valence-corrected chi connectivity index (χ0v) is 18.9. The molecule has 34 heavy (non-hydrogen) atoms. The first-order valence-corrected chi connectivity index (χ1v) is 11.6. The molecule has 2 N–H and O–H groups in total. The van der Waals surface area contributed by atoms with Gasteiger partial charge in [-0.2, -0.15) is 0 Å². The van der Waals surface area contributed by atoms with Gasteiger partial charge in [0, 0.05) is 63.8 Å². The van der Waals surface area contributed by atoms with Gasteiger partial charge in [-0.1, -0.05) is 24.3 Å². The summed E-state index contributed by atoms with van der Waals surface area (Å²) in [5.41, 5.74) is 2.21. The number of ether oxygens (including phenoxy) is 2. The number of nitrogens with zero attached hydrogens (tertiary/aromatic N) is 4. The predicted molar refractivity (Wildman–Crippen MR) is 122 cm³/mol. The molecule has 4 heterocycles. The lowest BCUT2D eigenvalue weighted by molar-refractivity contribution is 0.0956. The van der Waals surface area contributed by atoms with Gasteiger partial charge in [0.1, 0.15) is 11.6 Å². The van der Waals surface area contributed by atoms with E-state index in [2.05, 4.69) is 26.7 Å². The van der Waals surface area contributed by atoms with Crippen LogP contribution in [0.3, 0.4) is 0 Å². The van der Waals surface area contributed by atoms with Gasteiger partial charge in [-0.15, -0.1) is 0 Å². The Morgan fingerprint density at radius 3 is 1.85 bits per heavy atom. The second-order valence-corrected chi connectivity index (χ2v) is 8.50. The van der Waals surface area contributed by atoms with Crippen LogP contribution in [0.25, 0.3) is 0 Å². The average Bonchev–Trinajstić information content (AvgIpc) is 3.59. The SMILES string of the molecule is O=C(NCCc1cccc(CCNC(=O)O[C@@H]2CCn3ccnc32)c1)OC1CCn2ccnc21. The van der Waals surface area contributed by atoms with Crippen LogP contribution < -0.4 is 10.6 Å². The summed E-state index contributed by atoms with van der Waals surface area (Å²) < 4.78 is 15.0. The third-order valence-corrected chi connectivity index (χ3v) is 6.19. The normalized spacial score (nSPS) is 18.2. The lowest BCUT2D eigenvalue weighted by Crippen LogP contribution is -2.28. The van der Waals surface area contributed by atoms with Gasteiger partial charge in [-0.3, -0.25) is 0 Å². The lowest BCUT2D eigenvalue weighted by atomic mass is 10.1. The summed E-state index contributed by atoms with van der Waals surface area (Å²) in [4.78, 5) is 32.8. The van der Waals surface area contributed by atoms with E-state index < -0.39 is 12.2 Å². The summed E-state index contributed by atoms with van der Waals surface area (Å²) in [5, 5.41) is 5.64. The van der Waals surface area contributed by atoms with Crippen LogP contribution in [0.5, 0.6) is 0 Å². The molecule has 2 aromatic heterocycles. The van der Waals surface area contributed by atoms with Crippen LogP contribution in [0.2, 0.25) is 0 Å². The highest BCUT2D eigenvalue weighted by atomic mass is 16.6. The molecule has 2 amide bonds. The molecule has 10 heteroatoms. The first-order valence-electron chi connectivity index (χ1n) is 11.6. The fraction of sp³-hybridized carbons (Fsp3) is 0.417. The van der Waals surface area contributed by atoms with Gasteiger partial charge in [0.2, 0.25) is 0 Å². The Morgan fingerprint density at radius 1 is 0.853 bits per heavy atom. The second-order valence-electron chi connectivity index (χ2n) is 8.50. The van der Waals surface area contributed by atoms with Crippen molar-refractivity contribution < 1.29 is 19.1 Å². The highest BCUT2D eigenvalue weighted by molar-refractivity contribution is 5.68. The molecule has 10 nitrogen and oxygen atoms in total. The topological polar surface area (TPSA) is 112 Å². The van der Waals surface area contributed by atoms with Gasteiger partial charge in [-0.05, 0) is 24.0 Å². The van der Waals surface area contributed by atoms with Gasteiger partial charge < -0.3 is 29.2 Å². The number of nitrogens with one attached hydrogen (secondary N) is 2. The van der Waals surface area contributed by atoms with Crippen LogP contribution in [-0.2, 0) is 35.4 Å². The molecule has 2 atom stereocenters. The minimum atomic E-state index is -0.426. The van der Waals surface area contributed by atoms with Gasteiger partial charge in [0.25, 0.3) is 0 Å². The minimum absolute atomic E-state index is 0.284. The highest BCUT2D eigenvalue weighted by Gasteiger charge is 2.27. The van der Waals surface area contributed by atoms with E-state index in [-0.39, 0.29) is 12.2 Å². The molecule has 1 unspecified atom stereocenters. The van der Waals surface area contributed by atoms with Gasteiger partial charge in [0.05, 0.1) is 0 Å². The van der Waals surface area contributed by atoms with Crippen molar-refractivity contribution in [2.24, 2.45) is 0 Å². The summed E-state index contributed by atoms with van der Waals surface area (Å²) in [5.74, 6) is 1.60. The Labute approximate surface area is 197 Å². The fourth-order valence-electron chi connectivity index (χ4n) is 4.49. The first-order chi connectivity index (χ1) is 16.7. The molecule has 178 valence electrons. The van der Waals surface area contributed by atoms with E-state index in [4.69, 9.17) is 9.47 Å². The Kier molecular flexibility index (Phi) is 6.46. The van der Waals surface area contributed by atoms with E-state index in [1.165, 1.54) is 0 Å². The number of aryl methyl sites for hydroxylation is 2. The van der Waals surface area contributed by atoms with Gasteiger partial charge in [0.15, 0.2) is 12.2 Å². The van der Waals surface area contributed by atoms with E-state index in [0.29, 0.717) is 25.9 Å². The van der Waals surface area contributed by atoms with Crippen molar-refractivity contribution in [1.29, 1.82) is 0 Å². The summed E-state index contributed by atoms with van der Waals surface area (Å²) in [6.07, 6.45) is 8.70. The molecule has 1 aromatic carbocycles. The van der Waals surface area contributed by atoms with Crippen LogP contribution >= 0.6 is 0 Å². The maximum atomic E-state index is 12.1. The zero-order chi connectivity index (χ0) is 23.3. The molecule has 0 fully saturated rings. The number of alkyl carbamates (subject to hydrolysis) is 2. The van der Waals surface area contributed by atoms with Crippen molar-refractivity contribution >= 4 is 12.2 Å². The molecule has 0 saturated heterocycles. The van der Waals surface area contributed by atoms with E-state index >= 15 is 0 Å². The number of aromatic nitrogens is 4. The molecule has 0 radical (unpaired) electrons. The fourth-order valence-corrected chi connectivity index (χ4v) is 4.49. The molecule has 3 aromatic rings. The lowest BCUT2D eigenvalue weighted by Gasteiger charge is -2.12. The monoisotopic (exact) mass is 464 g/mol. The molecule has 2 aliphatic rings. The third kappa shape index (κ3) is 5.05. The van der Waals surface area contributed by atoms with Crippen LogP contribution in [0.15, 0.2) is 49.1 Å². The number of imidazole rings is 2. The van der Waals surface area contributed by atoms with E-state index in [1.54, 1.807) is 12.4 Å². The number of hydrogen-bond acceptors (Lipinski definition) is 6. The number of amides is 2. The number of rotatable bonds is 8. The summed E-state index contributed by atoms with van der Waals surface area (Å²) in [6, 6.07) is 8.11. The predicted octanol–water partition coefficient (Wildman–Crippen LogP) is 2.91. The Morgan fingerprint density at radius 2 is 1.35 bits per heavy atom. The van der Waals surface area contributed by atoms with Crippen molar-refractivity contribution in [2.45, 2.75) is 51.0 Å². The molecular formula is C24H28N6O4. The Hall–Kier alpha value is -3.82. The number of carbonyl (C=O) groups is 2. The molecule has 0 saturated carbocycles. The molecule has 0 spiro atoms. The van der Waals surface area contributed by atoms with Gasteiger partial charge in [-0.25, -0.2) is 19.6 Å². The zero-order valence-electron chi connectivity index (χ0n) is 18.9. The summed E-state index contributed by atoms with van der Waals surface area (Å²) in [6.45, 7) is 2.59. The largest absolute Gasteiger partial charge is 0.438 e. The van der Waals surface area contributed by atoms with Gasteiger partial charge >= 0.3 is 12.2 Å². The van der Waals surface area contributed by atoms with E-state index in [0.717, 1.165) is 48.7 Å². The molecule has 2 aliphatic heterocycles. The summed E-state index contributed by atoms with van der Waals surface area (Å²) in [7, 11) is 0. The second kappa shape index (κ2) is 9.98. The minimum Gasteiger partial charge on any atom is -0.438 e. The maximum absolute atomic E-state index is 12.1. The van der Waals surface area contributed by atoms with Crippen molar-refractivity contribution in [1.82, 2.24) is 29.7 Å². The highest BCUT2D eigenvalue weighted by Crippen LogP contribution is 2.28. The first kappa shape index (κ1) is 22.0. The number of benzene rings is 1. The van der Waals surface area contributed by atoms with Crippen molar-refractivity contribution in [2.75, 3.05) is 13.1 Å². The quantitative estimate of drug-likeness (QED) is 0.530. The van der Waals surface area contributed by atoms with E-state index in [1.807, 2.05) is 39.7 Å². The van der Waals surface area contributed by atoms with Crippen LogP contribution in [-0.4, -0.2) is 44.4 Å². The molecule has 5 rings (SSSR count). The standard InChI is InChI=1S/C24H28N6O4/c31-23(33-19-6-12-29-14-10-25-21(19)29)27-8-4-17-2-1-3-18(16-17)5-9-28-24(32)34-20-7-13-30-15-11-26-22(20)30/h1-3,10-11,14-16,19-20H,4-9,12-13H2,(H,27,31)(H,28,32)/t19-,20?/m1/s1. The smallest absolute Gasteiger partial charge is 0.407 e. The number of hydrogen-bond donors (Lipinski definition) is 2. The maximum Gasteiger partial charge on any atom is 0.407 e. The number of carbonyl (C=O) groups excluding carboxylic acids is 2. The van der Waals surface area contributed by atoms with Crippen molar-refractivity contribution in [3.05, 3.63) is 71.8 Å². The Balaban J connectivity index is 1.01. The molecular weight excluding hydrogens is 436 g/mol. The average molecular weight is 465 g/mol. The molecule has 0 aliphatic carbocycles. The molecule has 0 bridgehead atoms. The number of fused-ring (bicyclic) bond motifs is 2. The van der Waals surface area contributed by atoms with Crippen molar-refractivity contribution in [3.63, 3.8) is 0 Å². The van der Waals surface area contributed by atoms with Crippen molar-refractivity contribution in [3.8, 4) is 0 Å².